The van der Waals surface area contributed by atoms with Crippen molar-refractivity contribution >= 4 is 26.8 Å². The van der Waals surface area contributed by atoms with Crippen molar-refractivity contribution in [2.45, 2.75) is 11.8 Å². The van der Waals surface area contributed by atoms with E-state index in [9.17, 15) is 4.79 Å². The van der Waals surface area contributed by atoms with Crippen molar-refractivity contribution in [3.63, 3.8) is 0 Å². The summed E-state index contributed by atoms with van der Waals surface area (Å²) < 4.78 is 1.59. The van der Waals surface area contributed by atoms with Crippen LogP contribution >= 0.6 is 15.9 Å². The molecule has 0 bridgehead atoms. The van der Waals surface area contributed by atoms with E-state index in [0.717, 1.165) is 0 Å². The number of nitriles is 1. The lowest BCUT2D eigenvalue weighted by Gasteiger charge is -2.15. The van der Waals surface area contributed by atoms with Gasteiger partial charge in [0.05, 0.1) is 33.1 Å². The minimum absolute atomic E-state index is 0.0829. The number of hydrogen-bond acceptors (Lipinski definition) is 3. The van der Waals surface area contributed by atoms with Gasteiger partial charge in [0.15, 0.2) is 0 Å². The molecular formula is C17H12BrN3O. The van der Waals surface area contributed by atoms with Crippen LogP contribution in [0.25, 0.3) is 16.6 Å². The number of fused-ring (bicyclic) bond motifs is 1. The average molecular weight is 354 g/mol. The van der Waals surface area contributed by atoms with Crippen LogP contribution in [0.3, 0.4) is 0 Å². The van der Waals surface area contributed by atoms with Gasteiger partial charge in [-0.3, -0.25) is 9.36 Å². The van der Waals surface area contributed by atoms with Crippen molar-refractivity contribution in [1.29, 1.82) is 5.26 Å². The lowest BCUT2D eigenvalue weighted by molar-refractivity contribution is 0.828. The monoisotopic (exact) mass is 353 g/mol. The van der Waals surface area contributed by atoms with E-state index in [1.165, 1.54) is 0 Å². The Hall–Kier alpha value is -2.45. The van der Waals surface area contributed by atoms with E-state index in [2.05, 4.69) is 27.0 Å². The summed E-state index contributed by atoms with van der Waals surface area (Å²) in [5, 5.41) is 9.47. The second kappa shape index (κ2) is 5.74. The first kappa shape index (κ1) is 14.5. The van der Waals surface area contributed by atoms with Crippen LogP contribution in [0, 0.1) is 11.3 Å². The van der Waals surface area contributed by atoms with Crippen LogP contribution in [0.5, 0.6) is 0 Å². The first-order valence-electron chi connectivity index (χ1n) is 6.78. The molecule has 3 rings (SSSR count). The molecule has 2 aromatic carbocycles. The van der Waals surface area contributed by atoms with Crippen molar-refractivity contribution in [2.75, 3.05) is 0 Å². The number of halogens is 1. The average Bonchev–Trinajstić information content (AvgIpc) is 2.55. The highest BCUT2D eigenvalue weighted by molar-refractivity contribution is 9.09. The SMILES string of the molecule is CC(Br)c1nc2ccccc2c(=O)n1-c1ccc(C#N)cc1. The molecule has 0 spiro atoms. The third kappa shape index (κ3) is 2.42. The van der Waals surface area contributed by atoms with Crippen molar-refractivity contribution in [2.24, 2.45) is 0 Å². The van der Waals surface area contributed by atoms with Gasteiger partial charge in [0.25, 0.3) is 5.56 Å². The van der Waals surface area contributed by atoms with E-state index in [1.54, 1.807) is 34.9 Å². The van der Waals surface area contributed by atoms with Crippen molar-refractivity contribution < 1.29 is 0 Å². The summed E-state index contributed by atoms with van der Waals surface area (Å²) >= 11 is 3.50. The zero-order valence-corrected chi connectivity index (χ0v) is 13.4. The standard InChI is InChI=1S/C17H12BrN3O/c1-11(18)16-20-15-5-3-2-4-14(15)17(22)21(16)13-8-6-12(10-19)7-9-13/h2-9,11H,1H3. The highest BCUT2D eigenvalue weighted by atomic mass is 79.9. The van der Waals surface area contributed by atoms with Gasteiger partial charge in [0.1, 0.15) is 5.82 Å². The summed E-state index contributed by atoms with van der Waals surface area (Å²) in [4.78, 5) is 17.4. The molecule has 1 atom stereocenters. The Kier molecular flexibility index (Phi) is 3.78. The molecule has 4 nitrogen and oxygen atoms in total. The summed E-state index contributed by atoms with van der Waals surface area (Å²) in [6.45, 7) is 1.93. The summed E-state index contributed by atoms with van der Waals surface area (Å²) in [5.41, 5.74) is 1.82. The molecule has 3 aromatic rings. The largest absolute Gasteiger partial charge is 0.268 e. The molecule has 0 N–H and O–H groups in total. The Bertz CT molecular complexity index is 937. The molecule has 0 aliphatic rings. The molecule has 0 aliphatic heterocycles. The predicted molar refractivity (Wildman–Crippen MR) is 89.4 cm³/mol. The number of rotatable bonds is 2. The molecule has 5 heteroatoms. The van der Waals surface area contributed by atoms with Crippen LogP contribution in [0.2, 0.25) is 0 Å². The van der Waals surface area contributed by atoms with E-state index in [1.807, 2.05) is 25.1 Å². The van der Waals surface area contributed by atoms with Crippen LogP contribution < -0.4 is 5.56 Å². The first-order chi connectivity index (χ1) is 10.6. The van der Waals surface area contributed by atoms with Crippen LogP contribution in [-0.4, -0.2) is 9.55 Å². The minimum atomic E-state index is -0.114. The summed E-state index contributed by atoms with van der Waals surface area (Å²) in [5.74, 6) is 0.633. The fourth-order valence-electron chi connectivity index (χ4n) is 2.35. The van der Waals surface area contributed by atoms with Crippen LogP contribution in [0.1, 0.15) is 23.1 Å². The van der Waals surface area contributed by atoms with Gasteiger partial charge >= 0.3 is 0 Å². The maximum absolute atomic E-state index is 12.8. The molecule has 0 aliphatic carbocycles. The van der Waals surface area contributed by atoms with Gasteiger partial charge in [-0.2, -0.15) is 5.26 Å². The Balaban J connectivity index is 2.35. The second-order valence-electron chi connectivity index (χ2n) is 4.90. The lowest BCUT2D eigenvalue weighted by Crippen LogP contribution is -2.24. The third-order valence-corrected chi connectivity index (χ3v) is 3.82. The Morgan fingerprint density at radius 1 is 1.18 bits per heavy atom. The number of nitrogens with zero attached hydrogens (tertiary/aromatic N) is 3. The quantitative estimate of drug-likeness (QED) is 0.659. The molecule has 0 amide bonds. The fraction of sp³-hybridized carbons (Fsp3) is 0.118. The summed E-state index contributed by atoms with van der Waals surface area (Å²) in [7, 11) is 0. The lowest BCUT2D eigenvalue weighted by atomic mass is 10.2. The van der Waals surface area contributed by atoms with Crippen LogP contribution in [0.4, 0.5) is 0 Å². The topological polar surface area (TPSA) is 58.7 Å². The zero-order valence-electron chi connectivity index (χ0n) is 11.8. The van der Waals surface area contributed by atoms with Gasteiger partial charge in [-0.05, 0) is 43.3 Å². The Morgan fingerprint density at radius 3 is 2.50 bits per heavy atom. The molecule has 1 aromatic heterocycles. The normalized spacial score (nSPS) is 12.0. The second-order valence-corrected chi connectivity index (χ2v) is 6.28. The molecule has 108 valence electrons. The van der Waals surface area contributed by atoms with Gasteiger partial charge in [-0.25, -0.2) is 4.98 Å². The maximum Gasteiger partial charge on any atom is 0.265 e. The fourth-order valence-corrected chi connectivity index (χ4v) is 2.66. The van der Waals surface area contributed by atoms with E-state index < -0.39 is 0 Å². The summed E-state index contributed by atoms with van der Waals surface area (Å²) in [6.07, 6.45) is 0. The predicted octanol–water partition coefficient (Wildman–Crippen LogP) is 3.71. The Labute approximate surface area is 135 Å². The van der Waals surface area contributed by atoms with Gasteiger partial charge in [0, 0.05) is 0 Å². The van der Waals surface area contributed by atoms with E-state index in [-0.39, 0.29) is 10.4 Å². The maximum atomic E-state index is 12.8. The van der Waals surface area contributed by atoms with Gasteiger partial charge in [-0.1, -0.05) is 28.1 Å². The summed E-state index contributed by atoms with van der Waals surface area (Å²) in [6, 6.07) is 16.3. The van der Waals surface area contributed by atoms with Crippen molar-refractivity contribution in [3.05, 3.63) is 70.3 Å². The molecule has 1 heterocycles. The van der Waals surface area contributed by atoms with Crippen LogP contribution in [-0.2, 0) is 0 Å². The van der Waals surface area contributed by atoms with Gasteiger partial charge in [0.2, 0.25) is 0 Å². The van der Waals surface area contributed by atoms with E-state index >= 15 is 0 Å². The molecule has 0 radical (unpaired) electrons. The van der Waals surface area contributed by atoms with Gasteiger partial charge in [-0.15, -0.1) is 0 Å². The highest BCUT2D eigenvalue weighted by Crippen LogP contribution is 2.23. The number of alkyl halides is 1. The Morgan fingerprint density at radius 2 is 1.86 bits per heavy atom. The van der Waals surface area contributed by atoms with Gasteiger partial charge < -0.3 is 0 Å². The molecule has 22 heavy (non-hydrogen) atoms. The molecule has 0 fully saturated rings. The van der Waals surface area contributed by atoms with E-state index in [0.29, 0.717) is 28.0 Å². The minimum Gasteiger partial charge on any atom is -0.268 e. The zero-order chi connectivity index (χ0) is 15.7. The first-order valence-corrected chi connectivity index (χ1v) is 7.69. The van der Waals surface area contributed by atoms with Crippen molar-refractivity contribution in [1.82, 2.24) is 9.55 Å². The number of benzene rings is 2. The number of aromatic nitrogens is 2. The third-order valence-electron chi connectivity index (χ3n) is 3.41. The van der Waals surface area contributed by atoms with Crippen molar-refractivity contribution in [3.8, 4) is 11.8 Å². The number of para-hydroxylation sites is 1. The highest BCUT2D eigenvalue weighted by Gasteiger charge is 2.15. The molecule has 0 saturated carbocycles. The molecule has 0 saturated heterocycles. The van der Waals surface area contributed by atoms with E-state index in [4.69, 9.17) is 5.26 Å². The number of hydrogen-bond donors (Lipinski definition) is 0. The van der Waals surface area contributed by atoms with Crippen LogP contribution in [0.15, 0.2) is 53.3 Å². The smallest absolute Gasteiger partial charge is 0.265 e. The molecular weight excluding hydrogens is 342 g/mol. The molecule has 1 unspecified atom stereocenters.